The number of phenols is 1. The molecule has 0 radical (unpaired) electrons. The van der Waals surface area contributed by atoms with Gasteiger partial charge in [-0.15, -0.1) is 0 Å². The largest absolute Gasteiger partial charge is 0.507 e. The first kappa shape index (κ1) is 8.43. The average Bonchev–Trinajstić information content (AvgIpc) is 1.84. The van der Waals surface area contributed by atoms with E-state index in [0.717, 1.165) is 0 Å². The van der Waals surface area contributed by atoms with E-state index in [2.05, 4.69) is 0 Å². The topological polar surface area (TPSA) is 20.2 Å². The lowest BCUT2D eigenvalue weighted by molar-refractivity contribution is 0.471. The molecular formula is C6H3Cl2IO. The van der Waals surface area contributed by atoms with Gasteiger partial charge in [0.15, 0.2) is 0 Å². The number of benzene rings is 1. The molecule has 54 valence electrons. The summed E-state index contributed by atoms with van der Waals surface area (Å²) in [6.45, 7) is 0. The zero-order chi connectivity index (χ0) is 7.72. The molecule has 10 heavy (non-hydrogen) atoms. The van der Waals surface area contributed by atoms with E-state index in [1.54, 1.807) is 6.07 Å². The molecule has 0 unspecified atom stereocenters. The fourth-order valence-corrected chi connectivity index (χ4v) is 1.48. The Morgan fingerprint density at radius 1 is 1.20 bits per heavy atom. The van der Waals surface area contributed by atoms with Gasteiger partial charge in [-0.25, -0.2) is 0 Å². The lowest BCUT2D eigenvalue weighted by Gasteiger charge is -1.98. The molecular weight excluding hydrogens is 286 g/mol. The monoisotopic (exact) mass is 288 g/mol. The van der Waals surface area contributed by atoms with Crippen LogP contribution in [0.3, 0.4) is 0 Å². The Hall–Kier alpha value is 0.330. The summed E-state index contributed by atoms with van der Waals surface area (Å²) in [5, 5.41) is 9.91. The third-order valence-corrected chi connectivity index (χ3v) is 2.58. The molecule has 0 aliphatic rings. The molecule has 0 aliphatic heterocycles. The Labute approximate surface area is 82.1 Å². The van der Waals surface area contributed by atoms with Gasteiger partial charge in [-0.1, -0.05) is 23.2 Å². The summed E-state index contributed by atoms with van der Waals surface area (Å²) in [6, 6.07) is 3.03. The number of hydrogen-bond donors (Lipinski definition) is 1. The number of hydrogen-bond acceptors (Lipinski definition) is 1. The van der Waals surface area contributed by atoms with Crippen molar-refractivity contribution < 1.29 is 5.11 Å². The Morgan fingerprint density at radius 3 is 2.20 bits per heavy atom. The minimum Gasteiger partial charge on any atom is -0.507 e. The highest BCUT2D eigenvalue weighted by Gasteiger charge is 2.02. The van der Waals surface area contributed by atoms with Crippen LogP contribution in [0.25, 0.3) is 0 Å². The normalized spacial score (nSPS) is 9.90. The van der Waals surface area contributed by atoms with E-state index in [-0.39, 0.29) is 5.75 Å². The second kappa shape index (κ2) is 3.15. The smallest absolute Gasteiger partial charge is 0.130 e. The molecule has 1 nitrogen and oxygen atoms in total. The van der Waals surface area contributed by atoms with Crippen molar-refractivity contribution in [2.24, 2.45) is 0 Å². The average molecular weight is 289 g/mol. The van der Waals surface area contributed by atoms with Gasteiger partial charge in [-0.05, 0) is 28.7 Å². The van der Waals surface area contributed by atoms with E-state index in [9.17, 15) is 0 Å². The molecule has 0 heterocycles. The zero-order valence-corrected chi connectivity index (χ0v) is 8.41. The van der Waals surface area contributed by atoms with Gasteiger partial charge in [0.2, 0.25) is 0 Å². The Kier molecular flexibility index (Phi) is 2.66. The molecule has 1 N–H and O–H groups in total. The molecule has 1 rings (SSSR count). The maximum absolute atomic E-state index is 9.07. The van der Waals surface area contributed by atoms with Gasteiger partial charge in [0.25, 0.3) is 0 Å². The maximum Gasteiger partial charge on any atom is 0.130 e. The van der Waals surface area contributed by atoms with E-state index >= 15 is 0 Å². The molecule has 1 aromatic rings. The second-order valence-electron chi connectivity index (χ2n) is 1.72. The number of phenolic OH excluding ortho intramolecular Hbond substituents is 1. The summed E-state index contributed by atoms with van der Waals surface area (Å²) in [6.07, 6.45) is 0. The van der Waals surface area contributed by atoms with Crippen LogP contribution < -0.4 is 0 Å². The quantitative estimate of drug-likeness (QED) is 0.574. The third kappa shape index (κ3) is 1.68. The number of halogens is 3. The van der Waals surface area contributed by atoms with Crippen molar-refractivity contribution in [1.82, 2.24) is 0 Å². The first-order chi connectivity index (χ1) is 4.61. The molecule has 0 fully saturated rings. The first-order valence-corrected chi connectivity index (χ1v) is 4.28. The molecule has 0 aromatic heterocycles. The van der Waals surface area contributed by atoms with E-state index in [0.29, 0.717) is 13.6 Å². The van der Waals surface area contributed by atoms with Gasteiger partial charge in [-0.2, -0.15) is 0 Å². The van der Waals surface area contributed by atoms with Crippen LogP contribution in [0.1, 0.15) is 0 Å². The predicted molar refractivity (Wildman–Crippen MR) is 50.8 cm³/mol. The van der Waals surface area contributed by atoms with Gasteiger partial charge in [0.1, 0.15) is 5.75 Å². The molecule has 0 spiro atoms. The van der Waals surface area contributed by atoms with Crippen molar-refractivity contribution in [3.05, 3.63) is 25.7 Å². The van der Waals surface area contributed by atoms with E-state index in [1.165, 1.54) is 6.07 Å². The first-order valence-electron chi connectivity index (χ1n) is 2.45. The van der Waals surface area contributed by atoms with Gasteiger partial charge in [0, 0.05) is 6.07 Å². The highest BCUT2D eigenvalue weighted by atomic mass is 127. The van der Waals surface area contributed by atoms with Crippen molar-refractivity contribution in [1.29, 1.82) is 0 Å². The van der Waals surface area contributed by atoms with Crippen LogP contribution in [-0.4, -0.2) is 5.11 Å². The van der Waals surface area contributed by atoms with Crippen molar-refractivity contribution in [3.8, 4) is 5.75 Å². The second-order valence-corrected chi connectivity index (χ2v) is 3.69. The molecule has 0 saturated heterocycles. The minimum atomic E-state index is 0.162. The van der Waals surface area contributed by atoms with E-state index < -0.39 is 0 Å². The van der Waals surface area contributed by atoms with E-state index in [4.69, 9.17) is 28.3 Å². The summed E-state index contributed by atoms with van der Waals surface area (Å²) in [7, 11) is 0. The molecule has 0 saturated carbocycles. The van der Waals surface area contributed by atoms with Crippen LogP contribution >= 0.6 is 45.8 Å². The van der Waals surface area contributed by atoms with Crippen LogP contribution in [0.2, 0.25) is 10.0 Å². The number of aromatic hydroxyl groups is 1. The van der Waals surface area contributed by atoms with Crippen LogP contribution in [0.15, 0.2) is 12.1 Å². The molecule has 0 atom stereocenters. The fourth-order valence-electron chi connectivity index (χ4n) is 0.512. The van der Waals surface area contributed by atoms with E-state index in [1.807, 2.05) is 22.6 Å². The molecule has 0 aliphatic carbocycles. The summed E-state index contributed by atoms with van der Waals surface area (Å²) in [4.78, 5) is 0. The lowest BCUT2D eigenvalue weighted by Crippen LogP contribution is -1.74. The van der Waals surface area contributed by atoms with Gasteiger partial charge in [0.05, 0.1) is 13.6 Å². The van der Waals surface area contributed by atoms with Gasteiger partial charge < -0.3 is 5.11 Å². The van der Waals surface area contributed by atoms with Crippen LogP contribution in [0.4, 0.5) is 0 Å². The summed E-state index contributed by atoms with van der Waals surface area (Å²) in [5.41, 5.74) is 0. The van der Waals surface area contributed by atoms with Gasteiger partial charge >= 0.3 is 0 Å². The molecule has 1 aromatic carbocycles. The Bertz CT molecular complexity index is 212. The SMILES string of the molecule is Oc1cc(Cl)c(Cl)cc1I. The summed E-state index contributed by atoms with van der Waals surface area (Å²) < 4.78 is 0.701. The third-order valence-electron chi connectivity index (χ3n) is 0.990. The highest BCUT2D eigenvalue weighted by Crippen LogP contribution is 2.30. The zero-order valence-electron chi connectivity index (χ0n) is 4.74. The van der Waals surface area contributed by atoms with Crippen LogP contribution in [0, 0.1) is 3.57 Å². The predicted octanol–water partition coefficient (Wildman–Crippen LogP) is 3.30. The summed E-state index contributed by atoms with van der Waals surface area (Å²) >= 11 is 13.2. The van der Waals surface area contributed by atoms with Gasteiger partial charge in [-0.3, -0.25) is 0 Å². The van der Waals surface area contributed by atoms with Crippen LogP contribution in [-0.2, 0) is 0 Å². The summed E-state index contributed by atoms with van der Waals surface area (Å²) in [5.74, 6) is 0.162. The Morgan fingerprint density at radius 2 is 1.70 bits per heavy atom. The minimum absolute atomic E-state index is 0.162. The van der Waals surface area contributed by atoms with Crippen molar-refractivity contribution >= 4 is 45.8 Å². The van der Waals surface area contributed by atoms with Crippen molar-refractivity contribution in [3.63, 3.8) is 0 Å². The highest BCUT2D eigenvalue weighted by molar-refractivity contribution is 14.1. The fraction of sp³-hybridized carbons (Fsp3) is 0. The lowest BCUT2D eigenvalue weighted by atomic mass is 10.3. The number of rotatable bonds is 0. The Balaban J connectivity index is 3.28. The maximum atomic E-state index is 9.07. The molecule has 4 heteroatoms. The molecule has 0 bridgehead atoms. The van der Waals surface area contributed by atoms with Crippen molar-refractivity contribution in [2.45, 2.75) is 0 Å². The van der Waals surface area contributed by atoms with Crippen LogP contribution in [0.5, 0.6) is 5.75 Å². The van der Waals surface area contributed by atoms with Crippen molar-refractivity contribution in [2.75, 3.05) is 0 Å². The molecule has 0 amide bonds. The standard InChI is InChI=1S/C6H3Cl2IO/c7-3-1-5(9)6(10)2-4(3)8/h1-2,10H.